The fraction of sp³-hybridized carbons (Fsp3) is 0.333. The summed E-state index contributed by atoms with van der Waals surface area (Å²) in [6, 6.07) is 1.68. The van der Waals surface area contributed by atoms with Gasteiger partial charge in [-0.3, -0.25) is 4.98 Å². The molecule has 0 aliphatic heterocycles. The molecule has 0 fully saturated rings. The third-order valence-electron chi connectivity index (χ3n) is 1.78. The van der Waals surface area contributed by atoms with Gasteiger partial charge in [0.15, 0.2) is 11.6 Å². The summed E-state index contributed by atoms with van der Waals surface area (Å²) in [7, 11) is 1.08. The lowest BCUT2D eigenvalue weighted by atomic mass is 10.1. The molecular weight excluding hydrogens is 209 g/mol. The molecule has 0 amide bonds. The summed E-state index contributed by atoms with van der Waals surface area (Å²) >= 11 is 0. The maximum atomic E-state index is 13.0. The molecule has 0 bridgehead atoms. The number of pyridine rings is 1. The summed E-state index contributed by atoms with van der Waals surface area (Å²) in [4.78, 5) is 3.44. The summed E-state index contributed by atoms with van der Waals surface area (Å²) in [5, 5.41) is 8.39. The number of halogens is 3. The van der Waals surface area contributed by atoms with Crippen molar-refractivity contribution in [2.45, 2.75) is 12.8 Å². The molecule has 0 spiro atoms. The second-order valence-electron chi connectivity index (χ2n) is 2.64. The average Bonchev–Trinajstić information content (AvgIpc) is 2.20. The largest absolute Gasteiger partial charge is 0.493 e. The van der Waals surface area contributed by atoms with Crippen LogP contribution < -0.4 is 4.74 Å². The number of aromatic nitrogens is 1. The van der Waals surface area contributed by atoms with Gasteiger partial charge in [-0.05, 0) is 0 Å². The first-order valence-electron chi connectivity index (χ1n) is 3.98. The molecular formula is C9H7F3N2O. The Bertz CT molecular complexity index is 401. The van der Waals surface area contributed by atoms with Crippen molar-refractivity contribution in [3.8, 4) is 11.8 Å². The van der Waals surface area contributed by atoms with E-state index in [4.69, 9.17) is 5.26 Å². The van der Waals surface area contributed by atoms with Crippen LogP contribution >= 0.6 is 0 Å². The zero-order valence-corrected chi connectivity index (χ0v) is 7.80. The maximum Gasteiger partial charge on any atom is 0.269 e. The third kappa shape index (κ3) is 2.18. The van der Waals surface area contributed by atoms with Gasteiger partial charge in [0.05, 0.1) is 37.1 Å². The lowest BCUT2D eigenvalue weighted by Crippen LogP contribution is -2.04. The van der Waals surface area contributed by atoms with E-state index in [0.717, 1.165) is 13.3 Å². The Labute approximate surface area is 84.1 Å². The Kier molecular flexibility index (Phi) is 3.50. The SMILES string of the molecule is COc1c(F)cnc(CC#N)c1C(F)F. The molecule has 0 aliphatic rings. The van der Waals surface area contributed by atoms with Crippen molar-refractivity contribution in [3.05, 3.63) is 23.3 Å². The van der Waals surface area contributed by atoms with E-state index >= 15 is 0 Å². The molecule has 0 aromatic carbocycles. The van der Waals surface area contributed by atoms with E-state index in [0.29, 0.717) is 0 Å². The number of alkyl halides is 2. The molecule has 0 radical (unpaired) electrons. The van der Waals surface area contributed by atoms with E-state index in [9.17, 15) is 13.2 Å². The molecule has 3 nitrogen and oxygen atoms in total. The highest BCUT2D eigenvalue weighted by Crippen LogP contribution is 2.33. The summed E-state index contributed by atoms with van der Waals surface area (Å²) in [5.41, 5.74) is -0.815. The van der Waals surface area contributed by atoms with Crippen molar-refractivity contribution in [3.63, 3.8) is 0 Å². The second kappa shape index (κ2) is 4.64. The van der Waals surface area contributed by atoms with Crippen molar-refractivity contribution in [2.75, 3.05) is 7.11 Å². The Morgan fingerprint density at radius 3 is 2.73 bits per heavy atom. The van der Waals surface area contributed by atoms with Gasteiger partial charge in [-0.1, -0.05) is 0 Å². The van der Waals surface area contributed by atoms with Crippen LogP contribution in [0.2, 0.25) is 0 Å². The van der Waals surface area contributed by atoms with Gasteiger partial charge in [0.2, 0.25) is 0 Å². The minimum absolute atomic E-state index is 0.161. The Morgan fingerprint density at radius 2 is 2.27 bits per heavy atom. The van der Waals surface area contributed by atoms with Gasteiger partial charge in [0.25, 0.3) is 6.43 Å². The number of methoxy groups -OCH3 is 1. The maximum absolute atomic E-state index is 13.0. The van der Waals surface area contributed by atoms with Gasteiger partial charge in [-0.25, -0.2) is 13.2 Å². The molecule has 1 heterocycles. The molecule has 0 saturated heterocycles. The summed E-state index contributed by atoms with van der Waals surface area (Å²) in [6.45, 7) is 0. The van der Waals surface area contributed by atoms with Crippen LogP contribution in [-0.4, -0.2) is 12.1 Å². The van der Waals surface area contributed by atoms with Crippen LogP contribution in [0.5, 0.6) is 5.75 Å². The lowest BCUT2D eigenvalue weighted by molar-refractivity contribution is 0.144. The fourth-order valence-corrected chi connectivity index (χ4v) is 1.17. The molecule has 0 unspecified atom stereocenters. The highest BCUT2D eigenvalue weighted by molar-refractivity contribution is 5.39. The number of hydrogen-bond acceptors (Lipinski definition) is 3. The Balaban J connectivity index is 3.36. The molecule has 0 N–H and O–H groups in total. The quantitative estimate of drug-likeness (QED) is 0.778. The van der Waals surface area contributed by atoms with E-state index in [1.807, 2.05) is 0 Å². The Morgan fingerprint density at radius 1 is 1.60 bits per heavy atom. The zero-order valence-electron chi connectivity index (χ0n) is 7.80. The van der Waals surface area contributed by atoms with Gasteiger partial charge in [-0.15, -0.1) is 0 Å². The standard InChI is InChI=1S/C9H7F3N2O/c1-15-8-5(10)4-14-6(2-3-13)7(8)9(11)12/h4,9H,2H2,1H3. The van der Waals surface area contributed by atoms with Crippen LogP contribution in [0.4, 0.5) is 13.2 Å². The predicted octanol–water partition coefficient (Wildman–Crippen LogP) is 2.23. The van der Waals surface area contributed by atoms with E-state index in [1.165, 1.54) is 0 Å². The smallest absolute Gasteiger partial charge is 0.269 e. The van der Waals surface area contributed by atoms with E-state index in [-0.39, 0.29) is 12.1 Å². The third-order valence-corrected chi connectivity index (χ3v) is 1.78. The zero-order chi connectivity index (χ0) is 11.4. The molecule has 0 aliphatic carbocycles. The summed E-state index contributed by atoms with van der Waals surface area (Å²) in [5.74, 6) is -1.51. The van der Waals surface area contributed by atoms with Crippen LogP contribution in [0.15, 0.2) is 6.20 Å². The van der Waals surface area contributed by atoms with Crippen LogP contribution in [0, 0.1) is 17.1 Å². The molecule has 0 saturated carbocycles. The van der Waals surface area contributed by atoms with E-state index in [2.05, 4.69) is 9.72 Å². The monoisotopic (exact) mass is 216 g/mol. The topological polar surface area (TPSA) is 45.9 Å². The molecule has 80 valence electrons. The minimum Gasteiger partial charge on any atom is -0.493 e. The first kappa shape index (κ1) is 11.3. The van der Waals surface area contributed by atoms with Gasteiger partial charge < -0.3 is 4.74 Å². The minimum atomic E-state index is -2.92. The van der Waals surface area contributed by atoms with Crippen molar-refractivity contribution in [1.29, 1.82) is 5.26 Å². The van der Waals surface area contributed by atoms with Crippen molar-refractivity contribution in [1.82, 2.24) is 4.98 Å². The number of nitriles is 1. The molecule has 1 aromatic heterocycles. The highest BCUT2D eigenvalue weighted by atomic mass is 19.3. The Hall–Kier alpha value is -1.77. The van der Waals surface area contributed by atoms with Gasteiger partial charge >= 0.3 is 0 Å². The van der Waals surface area contributed by atoms with Crippen LogP contribution in [0.1, 0.15) is 17.7 Å². The van der Waals surface area contributed by atoms with Crippen LogP contribution in [-0.2, 0) is 6.42 Å². The summed E-state index contributed by atoms with van der Waals surface area (Å²) in [6.07, 6.45) is -2.47. The molecule has 6 heteroatoms. The average molecular weight is 216 g/mol. The van der Waals surface area contributed by atoms with E-state index < -0.39 is 23.6 Å². The number of hydrogen-bond donors (Lipinski definition) is 0. The van der Waals surface area contributed by atoms with Crippen LogP contribution in [0.3, 0.4) is 0 Å². The van der Waals surface area contributed by atoms with Crippen LogP contribution in [0.25, 0.3) is 0 Å². The number of ether oxygens (including phenoxy) is 1. The van der Waals surface area contributed by atoms with Crippen molar-refractivity contribution < 1.29 is 17.9 Å². The van der Waals surface area contributed by atoms with Gasteiger partial charge in [-0.2, -0.15) is 5.26 Å². The fourth-order valence-electron chi connectivity index (χ4n) is 1.17. The number of nitrogens with zero attached hydrogens (tertiary/aromatic N) is 2. The van der Waals surface area contributed by atoms with Gasteiger partial charge in [0, 0.05) is 0 Å². The number of rotatable bonds is 3. The molecule has 1 rings (SSSR count). The first-order chi connectivity index (χ1) is 7.11. The molecule has 0 atom stereocenters. The second-order valence-corrected chi connectivity index (χ2v) is 2.64. The highest BCUT2D eigenvalue weighted by Gasteiger charge is 2.23. The first-order valence-corrected chi connectivity index (χ1v) is 3.98. The van der Waals surface area contributed by atoms with E-state index in [1.54, 1.807) is 6.07 Å². The molecule has 15 heavy (non-hydrogen) atoms. The van der Waals surface area contributed by atoms with Crippen molar-refractivity contribution in [2.24, 2.45) is 0 Å². The summed E-state index contributed by atoms with van der Waals surface area (Å²) < 4.78 is 42.7. The lowest BCUT2D eigenvalue weighted by Gasteiger charge is -2.11. The normalized spacial score (nSPS) is 10.1. The van der Waals surface area contributed by atoms with Crippen molar-refractivity contribution >= 4 is 0 Å². The molecule has 1 aromatic rings. The van der Waals surface area contributed by atoms with Gasteiger partial charge in [0.1, 0.15) is 0 Å². The predicted molar refractivity (Wildman–Crippen MR) is 45.0 cm³/mol.